The molecule has 3 aliphatic rings. The first-order valence-electron chi connectivity index (χ1n) is 7.84. The molecule has 1 aliphatic heterocycles. The van der Waals surface area contributed by atoms with E-state index in [0.717, 1.165) is 31.5 Å². The second-order valence-corrected chi connectivity index (χ2v) is 6.60. The maximum atomic E-state index is 12.1. The molecule has 0 aromatic rings. The molecular formula is C15H27ClN2O2. The van der Waals surface area contributed by atoms with Gasteiger partial charge in [0.25, 0.3) is 0 Å². The number of ether oxygens (including phenoxy) is 1. The molecule has 2 N–H and O–H groups in total. The quantitative estimate of drug-likeness (QED) is 0.831. The molecule has 0 aromatic carbocycles. The predicted molar refractivity (Wildman–Crippen MR) is 81.0 cm³/mol. The Kier molecular flexibility index (Phi) is 5.70. The van der Waals surface area contributed by atoms with Gasteiger partial charge in [0.2, 0.25) is 5.91 Å². The third-order valence-electron chi connectivity index (χ3n) is 5.24. The lowest BCUT2D eigenvalue weighted by molar-refractivity contribution is -0.125. The Labute approximate surface area is 127 Å². The third kappa shape index (κ3) is 3.66. The molecule has 2 saturated carbocycles. The van der Waals surface area contributed by atoms with Crippen molar-refractivity contribution >= 4 is 18.3 Å². The van der Waals surface area contributed by atoms with Crippen molar-refractivity contribution in [1.82, 2.24) is 10.6 Å². The molecule has 2 bridgehead atoms. The highest BCUT2D eigenvalue weighted by molar-refractivity contribution is 5.85. The van der Waals surface area contributed by atoms with Crippen molar-refractivity contribution in [2.45, 2.75) is 51.2 Å². The zero-order valence-electron chi connectivity index (χ0n) is 12.3. The molecule has 5 unspecified atom stereocenters. The number of morpholine rings is 1. The molecule has 2 aliphatic carbocycles. The van der Waals surface area contributed by atoms with E-state index < -0.39 is 0 Å². The minimum Gasteiger partial charge on any atom is -0.375 e. The van der Waals surface area contributed by atoms with Crippen LogP contribution in [0.4, 0.5) is 0 Å². The number of carbonyl (C=O) groups excluding carboxylic acids is 1. The molecule has 1 amide bonds. The number of halogens is 1. The first-order chi connectivity index (χ1) is 9.22. The summed E-state index contributed by atoms with van der Waals surface area (Å²) in [6, 6.07) is 0.333. The van der Waals surface area contributed by atoms with Crippen molar-refractivity contribution < 1.29 is 9.53 Å². The van der Waals surface area contributed by atoms with Crippen LogP contribution in [0.3, 0.4) is 0 Å². The lowest BCUT2D eigenvalue weighted by Gasteiger charge is -2.29. The molecule has 3 fully saturated rings. The molecule has 0 spiro atoms. The highest BCUT2D eigenvalue weighted by Gasteiger charge is 2.42. The summed E-state index contributed by atoms with van der Waals surface area (Å²) in [6.07, 6.45) is 6.09. The molecule has 0 aromatic heterocycles. The van der Waals surface area contributed by atoms with E-state index in [0.29, 0.717) is 18.4 Å². The Bertz CT molecular complexity index is 334. The van der Waals surface area contributed by atoms with Crippen LogP contribution < -0.4 is 10.6 Å². The van der Waals surface area contributed by atoms with E-state index in [1.807, 2.05) is 0 Å². The van der Waals surface area contributed by atoms with E-state index in [1.165, 1.54) is 25.7 Å². The number of carbonyl (C=O) groups is 1. The van der Waals surface area contributed by atoms with Crippen molar-refractivity contribution in [3.8, 4) is 0 Å². The SMILES string of the molecule is CC(NC(=O)CC1CNCCO1)C1CC2CCC1C2.Cl. The fourth-order valence-corrected chi connectivity index (χ4v) is 4.28. The van der Waals surface area contributed by atoms with Gasteiger partial charge in [-0.2, -0.15) is 0 Å². The number of hydrogen-bond acceptors (Lipinski definition) is 3. The van der Waals surface area contributed by atoms with Gasteiger partial charge in [0, 0.05) is 19.1 Å². The zero-order chi connectivity index (χ0) is 13.2. The van der Waals surface area contributed by atoms with Gasteiger partial charge in [-0.15, -0.1) is 12.4 Å². The highest BCUT2D eigenvalue weighted by atomic mass is 35.5. The van der Waals surface area contributed by atoms with Gasteiger partial charge in [-0.1, -0.05) is 6.42 Å². The summed E-state index contributed by atoms with van der Waals surface area (Å²) >= 11 is 0. The van der Waals surface area contributed by atoms with Crippen LogP contribution in [-0.2, 0) is 9.53 Å². The van der Waals surface area contributed by atoms with Crippen LogP contribution in [0.5, 0.6) is 0 Å². The van der Waals surface area contributed by atoms with Crippen molar-refractivity contribution in [3.05, 3.63) is 0 Å². The van der Waals surface area contributed by atoms with Crippen molar-refractivity contribution in [2.75, 3.05) is 19.7 Å². The minimum absolute atomic E-state index is 0. The smallest absolute Gasteiger partial charge is 0.222 e. The van der Waals surface area contributed by atoms with Crippen LogP contribution >= 0.6 is 12.4 Å². The maximum Gasteiger partial charge on any atom is 0.222 e. The van der Waals surface area contributed by atoms with Gasteiger partial charge in [0.1, 0.15) is 0 Å². The summed E-state index contributed by atoms with van der Waals surface area (Å²) in [5.74, 6) is 2.69. The standard InChI is InChI=1S/C15H26N2O2.ClH/c1-10(14-7-11-2-3-12(14)6-11)17-15(18)8-13-9-16-4-5-19-13;/h10-14,16H,2-9H2,1H3,(H,17,18);1H. The molecule has 1 heterocycles. The van der Waals surface area contributed by atoms with Gasteiger partial charge in [-0.25, -0.2) is 0 Å². The van der Waals surface area contributed by atoms with E-state index in [1.54, 1.807) is 0 Å². The lowest BCUT2D eigenvalue weighted by Crippen LogP contribution is -2.45. The van der Waals surface area contributed by atoms with E-state index >= 15 is 0 Å². The number of amides is 1. The summed E-state index contributed by atoms with van der Waals surface area (Å²) in [5.41, 5.74) is 0. The zero-order valence-corrected chi connectivity index (χ0v) is 13.1. The van der Waals surface area contributed by atoms with Gasteiger partial charge in [-0.3, -0.25) is 4.79 Å². The molecule has 1 saturated heterocycles. The van der Waals surface area contributed by atoms with E-state index in [-0.39, 0.29) is 24.4 Å². The van der Waals surface area contributed by atoms with Gasteiger partial charge >= 0.3 is 0 Å². The second kappa shape index (κ2) is 7.10. The van der Waals surface area contributed by atoms with E-state index in [4.69, 9.17) is 4.74 Å². The topological polar surface area (TPSA) is 50.4 Å². The van der Waals surface area contributed by atoms with Crippen LogP contribution in [0.2, 0.25) is 0 Å². The lowest BCUT2D eigenvalue weighted by atomic mass is 9.84. The Morgan fingerprint density at radius 1 is 1.40 bits per heavy atom. The number of fused-ring (bicyclic) bond motifs is 2. The second-order valence-electron chi connectivity index (χ2n) is 6.60. The summed E-state index contributed by atoms with van der Waals surface area (Å²) in [4.78, 5) is 12.1. The molecule has 3 rings (SSSR count). The summed E-state index contributed by atoms with van der Waals surface area (Å²) < 4.78 is 5.58. The summed E-state index contributed by atoms with van der Waals surface area (Å²) in [5, 5.41) is 6.47. The monoisotopic (exact) mass is 302 g/mol. The van der Waals surface area contributed by atoms with E-state index in [9.17, 15) is 4.79 Å². The average molecular weight is 303 g/mol. The van der Waals surface area contributed by atoms with Crippen LogP contribution in [0.15, 0.2) is 0 Å². The number of hydrogen-bond donors (Lipinski definition) is 2. The summed E-state index contributed by atoms with van der Waals surface area (Å²) in [6.45, 7) is 4.61. The first kappa shape index (κ1) is 16.1. The van der Waals surface area contributed by atoms with E-state index in [2.05, 4.69) is 17.6 Å². The van der Waals surface area contributed by atoms with Crippen molar-refractivity contribution in [3.63, 3.8) is 0 Å². The minimum atomic E-state index is 0. The molecule has 5 atom stereocenters. The number of rotatable bonds is 4. The van der Waals surface area contributed by atoms with Crippen LogP contribution in [-0.4, -0.2) is 37.7 Å². The highest BCUT2D eigenvalue weighted by Crippen LogP contribution is 2.49. The Hall–Kier alpha value is -0.320. The van der Waals surface area contributed by atoms with Crippen LogP contribution in [0.1, 0.15) is 39.0 Å². The van der Waals surface area contributed by atoms with Gasteiger partial charge in [-0.05, 0) is 43.9 Å². The van der Waals surface area contributed by atoms with Crippen LogP contribution in [0, 0.1) is 17.8 Å². The Balaban J connectivity index is 0.00000147. The normalized spacial score (nSPS) is 37.2. The molecular weight excluding hydrogens is 276 g/mol. The Morgan fingerprint density at radius 2 is 2.25 bits per heavy atom. The van der Waals surface area contributed by atoms with Crippen molar-refractivity contribution in [1.29, 1.82) is 0 Å². The molecule has 116 valence electrons. The van der Waals surface area contributed by atoms with Gasteiger partial charge in [0.15, 0.2) is 0 Å². The van der Waals surface area contributed by atoms with Crippen molar-refractivity contribution in [2.24, 2.45) is 17.8 Å². The van der Waals surface area contributed by atoms with Crippen LogP contribution in [0.25, 0.3) is 0 Å². The largest absolute Gasteiger partial charge is 0.375 e. The summed E-state index contributed by atoms with van der Waals surface area (Å²) in [7, 11) is 0. The average Bonchev–Trinajstić information content (AvgIpc) is 3.02. The molecule has 0 radical (unpaired) electrons. The molecule has 5 heteroatoms. The Morgan fingerprint density at radius 3 is 2.85 bits per heavy atom. The fourth-order valence-electron chi connectivity index (χ4n) is 4.28. The predicted octanol–water partition coefficient (Wildman–Crippen LogP) is 1.73. The number of nitrogens with one attached hydrogen (secondary N) is 2. The molecule has 4 nitrogen and oxygen atoms in total. The van der Waals surface area contributed by atoms with Gasteiger partial charge < -0.3 is 15.4 Å². The first-order valence-corrected chi connectivity index (χ1v) is 7.84. The fraction of sp³-hybridized carbons (Fsp3) is 0.933. The third-order valence-corrected chi connectivity index (χ3v) is 5.24. The van der Waals surface area contributed by atoms with Gasteiger partial charge in [0.05, 0.1) is 19.1 Å². The molecule has 20 heavy (non-hydrogen) atoms. The maximum absolute atomic E-state index is 12.1.